The summed E-state index contributed by atoms with van der Waals surface area (Å²) in [6.07, 6.45) is 0. The molecule has 18 heavy (non-hydrogen) atoms. The minimum atomic E-state index is -1.06. The molecule has 1 aromatic carbocycles. The average molecular weight is 287 g/mol. The van der Waals surface area contributed by atoms with E-state index in [1.54, 1.807) is 6.92 Å². The Bertz CT molecular complexity index is 595. The lowest BCUT2D eigenvalue weighted by Gasteiger charge is -2.05. The van der Waals surface area contributed by atoms with E-state index in [9.17, 15) is 9.18 Å². The fraction of sp³-hybridized carbons (Fsp3) is 0.0909. The number of benzene rings is 1. The monoisotopic (exact) mass is 286 g/mol. The van der Waals surface area contributed by atoms with E-state index in [4.69, 9.17) is 16.7 Å². The number of hydrogen-bond acceptors (Lipinski definition) is 4. The maximum atomic E-state index is 13.5. The van der Waals surface area contributed by atoms with Crippen molar-refractivity contribution in [1.29, 1.82) is 0 Å². The van der Waals surface area contributed by atoms with Crippen LogP contribution in [-0.4, -0.2) is 16.1 Å². The van der Waals surface area contributed by atoms with Crippen LogP contribution in [0.25, 0.3) is 0 Å². The second-order valence-corrected chi connectivity index (χ2v) is 4.87. The van der Waals surface area contributed by atoms with Crippen molar-refractivity contribution >= 4 is 39.7 Å². The van der Waals surface area contributed by atoms with Gasteiger partial charge in [-0.2, -0.15) is 0 Å². The number of aryl methyl sites for hydroxylation is 1. The van der Waals surface area contributed by atoms with Gasteiger partial charge in [0.15, 0.2) is 5.13 Å². The summed E-state index contributed by atoms with van der Waals surface area (Å²) in [7, 11) is 0. The molecule has 7 heteroatoms. The first-order valence-corrected chi connectivity index (χ1v) is 6.10. The molecule has 94 valence electrons. The summed E-state index contributed by atoms with van der Waals surface area (Å²) < 4.78 is 13.5. The number of carboxylic acid groups (broad SMARTS) is 1. The summed E-state index contributed by atoms with van der Waals surface area (Å²) in [6, 6.07) is 4.27. The molecule has 1 heterocycles. The van der Waals surface area contributed by atoms with Crippen molar-refractivity contribution in [1.82, 2.24) is 4.98 Å². The topological polar surface area (TPSA) is 62.2 Å². The van der Waals surface area contributed by atoms with Crippen molar-refractivity contribution in [3.8, 4) is 0 Å². The zero-order chi connectivity index (χ0) is 13.3. The second kappa shape index (κ2) is 4.91. The van der Waals surface area contributed by atoms with Crippen LogP contribution in [-0.2, 0) is 0 Å². The molecule has 0 saturated heterocycles. The number of aromatic carboxylic acids is 1. The molecule has 4 nitrogen and oxygen atoms in total. The lowest BCUT2D eigenvalue weighted by Crippen LogP contribution is -1.94. The second-order valence-electron chi connectivity index (χ2n) is 3.46. The van der Waals surface area contributed by atoms with E-state index in [-0.39, 0.29) is 20.7 Å². The molecule has 0 atom stereocenters. The molecule has 0 saturated carbocycles. The molecule has 0 fully saturated rings. The van der Waals surface area contributed by atoms with Crippen LogP contribution in [0.3, 0.4) is 0 Å². The summed E-state index contributed by atoms with van der Waals surface area (Å²) in [6.45, 7) is 1.58. The number of hydrogen-bond donors (Lipinski definition) is 2. The van der Waals surface area contributed by atoms with Gasteiger partial charge in [0.25, 0.3) is 0 Å². The van der Waals surface area contributed by atoms with Gasteiger partial charge in [0, 0.05) is 0 Å². The molecule has 0 aliphatic carbocycles. The predicted octanol–water partition coefficient (Wildman–Crippen LogP) is 3.69. The molecule has 0 bridgehead atoms. The number of rotatable bonds is 3. The van der Waals surface area contributed by atoms with Gasteiger partial charge in [0.2, 0.25) is 0 Å². The van der Waals surface area contributed by atoms with Crippen molar-refractivity contribution in [3.05, 3.63) is 39.6 Å². The van der Waals surface area contributed by atoms with Gasteiger partial charge in [-0.15, -0.1) is 0 Å². The third-order valence-electron chi connectivity index (χ3n) is 2.19. The largest absolute Gasteiger partial charge is 0.477 e. The average Bonchev–Trinajstić information content (AvgIpc) is 2.65. The van der Waals surface area contributed by atoms with E-state index < -0.39 is 11.8 Å². The first-order chi connectivity index (χ1) is 8.49. The van der Waals surface area contributed by atoms with E-state index in [2.05, 4.69) is 10.3 Å². The number of anilines is 2. The molecule has 2 N–H and O–H groups in total. The normalized spacial score (nSPS) is 10.4. The number of thiazole rings is 1. The van der Waals surface area contributed by atoms with Crippen LogP contribution in [0.5, 0.6) is 0 Å². The van der Waals surface area contributed by atoms with Gasteiger partial charge in [-0.05, 0) is 19.1 Å². The molecule has 2 rings (SSSR count). The highest BCUT2D eigenvalue weighted by atomic mass is 35.5. The molecule has 0 aliphatic rings. The maximum absolute atomic E-state index is 13.5. The van der Waals surface area contributed by atoms with E-state index in [0.717, 1.165) is 11.3 Å². The van der Waals surface area contributed by atoms with E-state index in [1.807, 2.05) is 0 Å². The Hall–Kier alpha value is -1.66. The SMILES string of the molecule is Cc1nc(Nc2c(F)cccc2Cl)sc1C(=O)O. The number of nitrogens with zero attached hydrogens (tertiary/aromatic N) is 1. The Morgan fingerprint density at radius 3 is 2.83 bits per heavy atom. The van der Waals surface area contributed by atoms with Crippen LogP contribution >= 0.6 is 22.9 Å². The first kappa shape index (κ1) is 12.8. The van der Waals surface area contributed by atoms with Gasteiger partial charge in [-0.1, -0.05) is 29.0 Å². The molecule has 0 aliphatic heterocycles. The summed E-state index contributed by atoms with van der Waals surface area (Å²) in [5.41, 5.74) is 0.465. The Morgan fingerprint density at radius 1 is 1.56 bits per heavy atom. The van der Waals surface area contributed by atoms with Crippen molar-refractivity contribution in [2.24, 2.45) is 0 Å². The fourth-order valence-corrected chi connectivity index (χ4v) is 2.39. The standard InChI is InChI=1S/C11H8ClFN2O2S/c1-5-9(10(16)17)18-11(14-5)15-8-6(12)3-2-4-7(8)13/h2-4H,1H3,(H,14,15)(H,16,17). The van der Waals surface area contributed by atoms with Crippen molar-refractivity contribution < 1.29 is 14.3 Å². The van der Waals surface area contributed by atoms with Crippen LogP contribution in [0.2, 0.25) is 5.02 Å². The minimum absolute atomic E-state index is 0.0878. The zero-order valence-corrected chi connectivity index (χ0v) is 10.8. The Morgan fingerprint density at radius 2 is 2.28 bits per heavy atom. The Kier molecular flexibility index (Phi) is 3.49. The van der Waals surface area contributed by atoms with Crippen LogP contribution in [0.1, 0.15) is 15.4 Å². The highest BCUT2D eigenvalue weighted by Gasteiger charge is 2.15. The van der Waals surface area contributed by atoms with Crippen molar-refractivity contribution in [2.45, 2.75) is 6.92 Å². The Labute approximate surface area is 111 Å². The summed E-state index contributed by atoms with van der Waals surface area (Å²) in [5, 5.41) is 12.1. The third kappa shape index (κ3) is 2.44. The Balaban J connectivity index is 2.35. The number of carboxylic acids is 1. The number of nitrogens with one attached hydrogen (secondary N) is 1. The summed E-state index contributed by atoms with van der Waals surface area (Å²) in [5.74, 6) is -1.58. The lowest BCUT2D eigenvalue weighted by atomic mass is 10.3. The van der Waals surface area contributed by atoms with E-state index in [0.29, 0.717) is 5.69 Å². The maximum Gasteiger partial charge on any atom is 0.347 e. The van der Waals surface area contributed by atoms with Crippen LogP contribution < -0.4 is 5.32 Å². The van der Waals surface area contributed by atoms with Gasteiger partial charge >= 0.3 is 5.97 Å². The molecule has 0 radical (unpaired) electrons. The summed E-state index contributed by atoms with van der Waals surface area (Å²) >= 11 is 6.78. The number of halogens is 2. The molecular formula is C11H8ClFN2O2S. The van der Waals surface area contributed by atoms with Crippen molar-refractivity contribution in [2.75, 3.05) is 5.32 Å². The minimum Gasteiger partial charge on any atom is -0.477 e. The molecule has 1 aromatic heterocycles. The van der Waals surface area contributed by atoms with E-state index >= 15 is 0 Å². The van der Waals surface area contributed by atoms with Gasteiger partial charge in [-0.3, -0.25) is 0 Å². The van der Waals surface area contributed by atoms with Gasteiger partial charge < -0.3 is 10.4 Å². The number of para-hydroxylation sites is 1. The quantitative estimate of drug-likeness (QED) is 0.903. The fourth-order valence-electron chi connectivity index (χ4n) is 1.37. The first-order valence-electron chi connectivity index (χ1n) is 4.91. The van der Waals surface area contributed by atoms with Gasteiger partial charge in [-0.25, -0.2) is 14.2 Å². The van der Waals surface area contributed by atoms with Crippen LogP contribution in [0, 0.1) is 12.7 Å². The highest BCUT2D eigenvalue weighted by Crippen LogP contribution is 2.31. The van der Waals surface area contributed by atoms with Gasteiger partial charge in [0.1, 0.15) is 10.7 Å². The van der Waals surface area contributed by atoms with E-state index in [1.165, 1.54) is 18.2 Å². The lowest BCUT2D eigenvalue weighted by molar-refractivity contribution is 0.0701. The molecule has 0 amide bonds. The van der Waals surface area contributed by atoms with Crippen LogP contribution in [0.15, 0.2) is 18.2 Å². The number of carbonyl (C=O) groups is 1. The number of aromatic nitrogens is 1. The highest BCUT2D eigenvalue weighted by molar-refractivity contribution is 7.17. The summed E-state index contributed by atoms with van der Waals surface area (Å²) in [4.78, 5) is 15.0. The van der Waals surface area contributed by atoms with Crippen molar-refractivity contribution in [3.63, 3.8) is 0 Å². The molecule has 2 aromatic rings. The predicted molar refractivity (Wildman–Crippen MR) is 68.5 cm³/mol. The smallest absolute Gasteiger partial charge is 0.347 e. The molecule has 0 spiro atoms. The third-order valence-corrected chi connectivity index (χ3v) is 3.56. The molecule has 0 unspecified atom stereocenters. The van der Waals surface area contributed by atoms with Crippen LogP contribution in [0.4, 0.5) is 15.2 Å². The van der Waals surface area contributed by atoms with Gasteiger partial charge in [0.05, 0.1) is 16.4 Å². The molecular weight excluding hydrogens is 279 g/mol. The zero-order valence-electron chi connectivity index (χ0n) is 9.20.